The van der Waals surface area contributed by atoms with Crippen molar-refractivity contribution in [2.24, 2.45) is 0 Å². The molecule has 37 heavy (non-hydrogen) atoms. The number of halogens is 1. The second-order valence-corrected chi connectivity index (χ2v) is 10.6. The molecule has 0 saturated carbocycles. The largest absolute Gasteiger partial charge is 0.341 e. The Kier molecular flexibility index (Phi) is 7.63. The predicted molar refractivity (Wildman–Crippen MR) is 151 cm³/mol. The highest BCUT2D eigenvalue weighted by atomic mass is 35.5. The van der Waals surface area contributed by atoms with Gasteiger partial charge in [-0.05, 0) is 59.0 Å². The van der Waals surface area contributed by atoms with Gasteiger partial charge in [-0.25, -0.2) is 0 Å². The Morgan fingerprint density at radius 3 is 2.32 bits per heavy atom. The van der Waals surface area contributed by atoms with Crippen LogP contribution in [0.25, 0.3) is 0 Å². The summed E-state index contributed by atoms with van der Waals surface area (Å²) in [5, 5.41) is 3.81. The van der Waals surface area contributed by atoms with Crippen molar-refractivity contribution in [3.05, 3.63) is 142 Å². The van der Waals surface area contributed by atoms with Gasteiger partial charge in [-0.2, -0.15) is 0 Å². The second-order valence-electron chi connectivity index (χ2n) is 9.11. The van der Waals surface area contributed by atoms with Crippen molar-refractivity contribution in [2.45, 2.75) is 24.9 Å². The maximum absolute atomic E-state index is 13.3. The summed E-state index contributed by atoms with van der Waals surface area (Å²) in [5.41, 5.74) is 5.83. The minimum absolute atomic E-state index is 0.0932. The van der Waals surface area contributed by atoms with E-state index >= 15 is 0 Å². The average Bonchev–Trinajstić information content (AvgIpc) is 3.29. The van der Waals surface area contributed by atoms with Gasteiger partial charge >= 0.3 is 0 Å². The molecule has 1 N–H and O–H groups in total. The predicted octanol–water partition coefficient (Wildman–Crippen LogP) is 6.94. The number of hydrogen-bond acceptors (Lipinski definition) is 3. The van der Waals surface area contributed by atoms with E-state index in [1.165, 1.54) is 0 Å². The van der Waals surface area contributed by atoms with Crippen LogP contribution in [0.4, 0.5) is 0 Å². The van der Waals surface area contributed by atoms with Crippen LogP contribution in [-0.2, 0) is 11.3 Å². The molecule has 0 aliphatic carbocycles. The number of nitrogens with one attached hydrogen (secondary N) is 1. The van der Waals surface area contributed by atoms with E-state index in [2.05, 4.69) is 24.4 Å². The van der Waals surface area contributed by atoms with Gasteiger partial charge in [-0.1, -0.05) is 90.5 Å². The van der Waals surface area contributed by atoms with Gasteiger partial charge < -0.3 is 10.2 Å². The van der Waals surface area contributed by atoms with Gasteiger partial charge in [0.1, 0.15) is 5.37 Å². The number of benzene rings is 4. The molecule has 0 bridgehead atoms. The fraction of sp³-hybridized carbons (Fsp3) is 0.161. The quantitative estimate of drug-likeness (QED) is 0.284. The van der Waals surface area contributed by atoms with Crippen LogP contribution in [0.3, 0.4) is 0 Å². The molecule has 0 unspecified atom stereocenters. The first-order valence-electron chi connectivity index (χ1n) is 12.2. The second kappa shape index (κ2) is 11.2. The van der Waals surface area contributed by atoms with E-state index in [4.69, 9.17) is 11.6 Å². The van der Waals surface area contributed by atoms with Crippen LogP contribution in [0.1, 0.15) is 49.6 Å². The lowest BCUT2D eigenvalue weighted by Crippen LogP contribution is -2.30. The van der Waals surface area contributed by atoms with Gasteiger partial charge in [0, 0.05) is 17.1 Å². The molecule has 6 heteroatoms. The summed E-state index contributed by atoms with van der Waals surface area (Å²) < 4.78 is 0. The number of aryl methyl sites for hydroxylation is 1. The third-order valence-corrected chi connectivity index (χ3v) is 8.11. The third-order valence-electron chi connectivity index (χ3n) is 6.60. The lowest BCUT2D eigenvalue weighted by Gasteiger charge is -2.25. The number of carbonyl (C=O) groups excluding carboxylic acids is 2. The third kappa shape index (κ3) is 5.74. The van der Waals surface area contributed by atoms with Crippen LogP contribution in [0.2, 0.25) is 5.02 Å². The summed E-state index contributed by atoms with van der Waals surface area (Å²) in [6.07, 6.45) is 0. The first kappa shape index (κ1) is 25.1. The standard InChI is InChI=1S/C31H27ClN2O2S/c1-21-7-5-6-10-27(21)29(23-8-3-2-4-9-23)33-30(36)24-13-15-25(16-14-24)31-34(28(35)20-37-31)19-22-11-17-26(32)18-12-22/h2-18,29,31H,19-20H2,1H3,(H,33,36)/t29-,31+/m1/s1. The van der Waals surface area contributed by atoms with E-state index in [9.17, 15) is 9.59 Å². The molecule has 1 aliphatic rings. The zero-order valence-corrected chi connectivity index (χ0v) is 22.0. The summed E-state index contributed by atoms with van der Waals surface area (Å²) in [5.74, 6) is 0.405. The van der Waals surface area contributed by atoms with Crippen LogP contribution in [0, 0.1) is 6.92 Å². The average molecular weight is 527 g/mol. The molecule has 4 aromatic rings. The molecule has 4 nitrogen and oxygen atoms in total. The number of hydrogen-bond donors (Lipinski definition) is 1. The molecule has 0 aromatic heterocycles. The smallest absolute Gasteiger partial charge is 0.252 e. The van der Waals surface area contributed by atoms with Gasteiger partial charge in [0.05, 0.1) is 11.8 Å². The highest BCUT2D eigenvalue weighted by molar-refractivity contribution is 8.00. The number of rotatable bonds is 7. The first-order valence-corrected chi connectivity index (χ1v) is 13.6. The molecule has 4 aromatic carbocycles. The van der Waals surface area contributed by atoms with Gasteiger partial charge in [-0.15, -0.1) is 11.8 Å². The van der Waals surface area contributed by atoms with E-state index in [-0.39, 0.29) is 23.2 Å². The maximum atomic E-state index is 13.3. The Labute approximate surface area is 226 Å². The van der Waals surface area contributed by atoms with E-state index < -0.39 is 0 Å². The van der Waals surface area contributed by atoms with Crippen molar-refractivity contribution in [3.8, 4) is 0 Å². The van der Waals surface area contributed by atoms with Crippen molar-refractivity contribution in [3.63, 3.8) is 0 Å². The Bertz CT molecular complexity index is 1390. The molecule has 1 saturated heterocycles. The van der Waals surface area contributed by atoms with Crippen molar-refractivity contribution in [1.82, 2.24) is 10.2 Å². The molecule has 1 fully saturated rings. The lowest BCUT2D eigenvalue weighted by molar-refractivity contribution is -0.128. The fourth-order valence-electron chi connectivity index (χ4n) is 4.60. The molecule has 0 spiro atoms. The van der Waals surface area contributed by atoms with Crippen LogP contribution in [-0.4, -0.2) is 22.5 Å². The minimum atomic E-state index is -0.257. The molecule has 2 amide bonds. The Hall–Kier alpha value is -3.54. The van der Waals surface area contributed by atoms with E-state index in [0.29, 0.717) is 22.9 Å². The maximum Gasteiger partial charge on any atom is 0.252 e. The Balaban J connectivity index is 1.34. The molecule has 5 rings (SSSR count). The van der Waals surface area contributed by atoms with Crippen LogP contribution >= 0.6 is 23.4 Å². The molecule has 2 atom stereocenters. The summed E-state index contributed by atoms with van der Waals surface area (Å²) in [6, 6.07) is 33.0. The Morgan fingerprint density at radius 2 is 1.62 bits per heavy atom. The van der Waals surface area contributed by atoms with Gasteiger partial charge in [0.2, 0.25) is 5.91 Å². The molecule has 1 heterocycles. The summed E-state index contributed by atoms with van der Waals surface area (Å²) >= 11 is 7.62. The van der Waals surface area contributed by atoms with E-state index in [1.807, 2.05) is 95.9 Å². The Morgan fingerprint density at radius 1 is 0.946 bits per heavy atom. The van der Waals surface area contributed by atoms with Crippen LogP contribution in [0.15, 0.2) is 103 Å². The highest BCUT2D eigenvalue weighted by Gasteiger charge is 2.33. The van der Waals surface area contributed by atoms with Crippen molar-refractivity contribution < 1.29 is 9.59 Å². The SMILES string of the molecule is Cc1ccccc1[C@H](NC(=O)c1ccc([C@@H]2SCC(=O)N2Cc2ccc(Cl)cc2)cc1)c1ccccc1. The molecule has 0 radical (unpaired) electrons. The van der Waals surface area contributed by atoms with Crippen LogP contribution in [0.5, 0.6) is 0 Å². The molecular weight excluding hydrogens is 500 g/mol. The van der Waals surface area contributed by atoms with Gasteiger partial charge in [0.15, 0.2) is 0 Å². The van der Waals surface area contributed by atoms with Gasteiger partial charge in [-0.3, -0.25) is 9.59 Å². The normalized spacial score (nSPS) is 16.0. The van der Waals surface area contributed by atoms with Crippen molar-refractivity contribution >= 4 is 35.2 Å². The van der Waals surface area contributed by atoms with Crippen molar-refractivity contribution in [2.75, 3.05) is 5.75 Å². The number of amides is 2. The molecule has 1 aliphatic heterocycles. The van der Waals surface area contributed by atoms with Crippen molar-refractivity contribution in [1.29, 1.82) is 0 Å². The van der Waals surface area contributed by atoms with E-state index in [1.54, 1.807) is 11.8 Å². The fourth-order valence-corrected chi connectivity index (χ4v) is 5.91. The van der Waals surface area contributed by atoms with E-state index in [0.717, 1.165) is 27.8 Å². The summed E-state index contributed by atoms with van der Waals surface area (Å²) in [7, 11) is 0. The molecular formula is C31H27ClN2O2S. The summed E-state index contributed by atoms with van der Waals surface area (Å²) in [4.78, 5) is 27.9. The number of thioether (sulfide) groups is 1. The number of carbonyl (C=O) groups is 2. The summed E-state index contributed by atoms with van der Waals surface area (Å²) in [6.45, 7) is 2.58. The lowest BCUT2D eigenvalue weighted by atomic mass is 9.94. The molecule has 186 valence electrons. The zero-order chi connectivity index (χ0) is 25.8. The van der Waals surface area contributed by atoms with Gasteiger partial charge in [0.25, 0.3) is 5.91 Å². The first-order chi connectivity index (χ1) is 18.0. The zero-order valence-electron chi connectivity index (χ0n) is 20.4. The topological polar surface area (TPSA) is 49.4 Å². The minimum Gasteiger partial charge on any atom is -0.341 e. The highest BCUT2D eigenvalue weighted by Crippen LogP contribution is 2.39. The van der Waals surface area contributed by atoms with Crippen LogP contribution < -0.4 is 5.32 Å². The number of nitrogens with zero attached hydrogens (tertiary/aromatic N) is 1. The monoisotopic (exact) mass is 526 g/mol.